The molecule has 0 saturated heterocycles. The molecule has 0 spiro atoms. The first-order valence-electron chi connectivity index (χ1n) is 8.33. The number of nitrogens with two attached hydrogens (primary N) is 1. The van der Waals surface area contributed by atoms with Gasteiger partial charge in [-0.05, 0) is 38.3 Å². The van der Waals surface area contributed by atoms with Gasteiger partial charge in [0.2, 0.25) is 0 Å². The van der Waals surface area contributed by atoms with Gasteiger partial charge in [-0.1, -0.05) is 6.07 Å². The largest absolute Gasteiger partial charge is 0.338 e. The van der Waals surface area contributed by atoms with Gasteiger partial charge >= 0.3 is 0 Å². The fourth-order valence-electron chi connectivity index (χ4n) is 2.67. The number of likely N-dealkylation sites (N-methyl/N-ethyl adjacent to an activating group) is 1. The minimum atomic E-state index is -0.0635. The van der Waals surface area contributed by atoms with E-state index < -0.39 is 0 Å². The molecule has 0 aromatic carbocycles. The van der Waals surface area contributed by atoms with Crippen LogP contribution < -0.4 is 5.73 Å². The van der Waals surface area contributed by atoms with E-state index in [1.165, 1.54) is 0 Å². The van der Waals surface area contributed by atoms with E-state index in [-0.39, 0.29) is 18.0 Å². The Balaban J connectivity index is 2.21. The van der Waals surface area contributed by atoms with Crippen LogP contribution in [0.2, 0.25) is 0 Å². The number of pyridine rings is 1. The SMILES string of the molecule is CC(CN)N(C)C(=O)c1cc(-c2cccs2)nc2c1cnn2C(C)C. The lowest BCUT2D eigenvalue weighted by Gasteiger charge is -2.24. The molecule has 0 aliphatic rings. The second-order valence-electron chi connectivity index (χ2n) is 6.45. The predicted octanol–water partition coefficient (Wildman–Crippen LogP) is 3.16. The maximum atomic E-state index is 13.1. The van der Waals surface area contributed by atoms with Gasteiger partial charge < -0.3 is 10.6 Å². The monoisotopic (exact) mass is 357 g/mol. The zero-order valence-corrected chi connectivity index (χ0v) is 15.7. The summed E-state index contributed by atoms with van der Waals surface area (Å²) in [5.74, 6) is -0.0635. The van der Waals surface area contributed by atoms with Gasteiger partial charge in [-0.2, -0.15) is 5.10 Å². The van der Waals surface area contributed by atoms with Crippen molar-refractivity contribution in [3.63, 3.8) is 0 Å². The Labute approximate surface area is 151 Å². The van der Waals surface area contributed by atoms with Crippen LogP contribution in [0.4, 0.5) is 0 Å². The highest BCUT2D eigenvalue weighted by atomic mass is 32.1. The zero-order valence-electron chi connectivity index (χ0n) is 14.9. The second kappa shape index (κ2) is 6.93. The van der Waals surface area contributed by atoms with Gasteiger partial charge in [0.15, 0.2) is 5.65 Å². The first-order chi connectivity index (χ1) is 11.9. The first kappa shape index (κ1) is 17.6. The summed E-state index contributed by atoms with van der Waals surface area (Å²) in [5, 5.41) is 7.23. The van der Waals surface area contributed by atoms with Crippen LogP contribution in [0.15, 0.2) is 29.8 Å². The van der Waals surface area contributed by atoms with E-state index in [4.69, 9.17) is 10.7 Å². The minimum absolute atomic E-state index is 0.0407. The molecule has 0 fully saturated rings. The third-order valence-electron chi connectivity index (χ3n) is 4.38. The van der Waals surface area contributed by atoms with Gasteiger partial charge in [0.25, 0.3) is 5.91 Å². The first-order valence-corrected chi connectivity index (χ1v) is 9.21. The fourth-order valence-corrected chi connectivity index (χ4v) is 3.36. The summed E-state index contributed by atoms with van der Waals surface area (Å²) in [4.78, 5) is 20.6. The number of carbonyl (C=O) groups is 1. The molecular weight excluding hydrogens is 334 g/mol. The Morgan fingerprint density at radius 2 is 2.16 bits per heavy atom. The van der Waals surface area contributed by atoms with Crippen LogP contribution in [-0.4, -0.2) is 45.2 Å². The quantitative estimate of drug-likeness (QED) is 0.761. The normalized spacial score (nSPS) is 12.7. The lowest BCUT2D eigenvalue weighted by molar-refractivity contribution is 0.0750. The smallest absolute Gasteiger partial charge is 0.254 e. The molecule has 1 atom stereocenters. The van der Waals surface area contributed by atoms with Crippen LogP contribution in [0.3, 0.4) is 0 Å². The Kier molecular flexibility index (Phi) is 4.87. The van der Waals surface area contributed by atoms with E-state index in [9.17, 15) is 4.79 Å². The third-order valence-corrected chi connectivity index (χ3v) is 5.27. The van der Waals surface area contributed by atoms with E-state index in [0.29, 0.717) is 12.1 Å². The Morgan fingerprint density at radius 3 is 2.76 bits per heavy atom. The molecule has 3 aromatic heterocycles. The number of thiophene rings is 1. The number of hydrogen-bond acceptors (Lipinski definition) is 5. The van der Waals surface area contributed by atoms with Crippen LogP contribution in [-0.2, 0) is 0 Å². The molecule has 1 amide bonds. The average Bonchev–Trinajstić information content (AvgIpc) is 3.27. The highest BCUT2D eigenvalue weighted by molar-refractivity contribution is 7.13. The molecule has 3 heterocycles. The van der Waals surface area contributed by atoms with Crippen molar-refractivity contribution in [2.75, 3.05) is 13.6 Å². The Morgan fingerprint density at radius 1 is 1.40 bits per heavy atom. The molecule has 7 heteroatoms. The number of rotatable bonds is 5. The molecule has 0 aliphatic carbocycles. The molecule has 25 heavy (non-hydrogen) atoms. The van der Waals surface area contributed by atoms with Crippen molar-refractivity contribution < 1.29 is 4.79 Å². The molecule has 3 aromatic rings. The Hall–Kier alpha value is -2.25. The summed E-state index contributed by atoms with van der Waals surface area (Å²) in [7, 11) is 1.78. The van der Waals surface area contributed by atoms with E-state index >= 15 is 0 Å². The van der Waals surface area contributed by atoms with Gasteiger partial charge in [-0.25, -0.2) is 9.67 Å². The van der Waals surface area contributed by atoms with Gasteiger partial charge in [0.1, 0.15) is 0 Å². The number of amides is 1. The molecule has 1 unspecified atom stereocenters. The van der Waals surface area contributed by atoms with Crippen LogP contribution in [0.5, 0.6) is 0 Å². The number of aromatic nitrogens is 3. The lowest BCUT2D eigenvalue weighted by atomic mass is 10.1. The highest BCUT2D eigenvalue weighted by Gasteiger charge is 2.23. The summed E-state index contributed by atoms with van der Waals surface area (Å²) >= 11 is 1.60. The van der Waals surface area contributed by atoms with Crippen LogP contribution in [0, 0.1) is 0 Å². The molecule has 6 nitrogen and oxygen atoms in total. The Bertz CT molecular complexity index is 884. The summed E-state index contributed by atoms with van der Waals surface area (Å²) in [5.41, 5.74) is 7.87. The third kappa shape index (κ3) is 3.17. The van der Waals surface area contributed by atoms with E-state index in [1.54, 1.807) is 29.5 Å². The number of nitrogens with zero attached hydrogens (tertiary/aromatic N) is 4. The average molecular weight is 357 g/mol. The van der Waals surface area contributed by atoms with E-state index in [1.807, 2.05) is 35.2 Å². The number of fused-ring (bicyclic) bond motifs is 1. The second-order valence-corrected chi connectivity index (χ2v) is 7.40. The van der Waals surface area contributed by atoms with Crippen molar-refractivity contribution in [1.82, 2.24) is 19.7 Å². The van der Waals surface area contributed by atoms with Crippen LogP contribution >= 0.6 is 11.3 Å². The van der Waals surface area contributed by atoms with E-state index in [0.717, 1.165) is 21.6 Å². The maximum Gasteiger partial charge on any atom is 0.254 e. The summed E-state index contributed by atoms with van der Waals surface area (Å²) in [6, 6.07) is 5.97. The molecule has 0 aliphatic heterocycles. The summed E-state index contributed by atoms with van der Waals surface area (Å²) < 4.78 is 1.86. The number of hydrogen-bond donors (Lipinski definition) is 1. The molecule has 0 radical (unpaired) electrons. The molecule has 132 valence electrons. The van der Waals surface area contributed by atoms with Crippen LogP contribution in [0.1, 0.15) is 37.2 Å². The van der Waals surface area contributed by atoms with Crippen molar-refractivity contribution in [3.8, 4) is 10.6 Å². The van der Waals surface area contributed by atoms with Gasteiger partial charge in [-0.15, -0.1) is 11.3 Å². The minimum Gasteiger partial charge on any atom is -0.338 e. The standard InChI is InChI=1S/C18H23N5OS/c1-11(2)23-17-14(10-20-23)13(18(24)22(4)12(3)9-19)8-15(21-17)16-6-5-7-25-16/h5-8,10-12H,9,19H2,1-4H3. The molecule has 2 N–H and O–H groups in total. The zero-order chi connectivity index (χ0) is 18.1. The van der Waals surface area contributed by atoms with Crippen molar-refractivity contribution in [2.24, 2.45) is 5.73 Å². The predicted molar refractivity (Wildman–Crippen MR) is 102 cm³/mol. The van der Waals surface area contributed by atoms with Crippen molar-refractivity contribution in [3.05, 3.63) is 35.3 Å². The van der Waals surface area contributed by atoms with Crippen molar-refractivity contribution in [1.29, 1.82) is 0 Å². The van der Waals surface area contributed by atoms with Gasteiger partial charge in [0.05, 0.1) is 27.7 Å². The van der Waals surface area contributed by atoms with Crippen molar-refractivity contribution in [2.45, 2.75) is 32.9 Å². The fraction of sp³-hybridized carbons (Fsp3) is 0.389. The highest BCUT2D eigenvalue weighted by Crippen LogP contribution is 2.29. The number of carbonyl (C=O) groups excluding carboxylic acids is 1. The molecule has 3 rings (SSSR count). The van der Waals surface area contributed by atoms with Crippen molar-refractivity contribution >= 4 is 28.3 Å². The summed E-state index contributed by atoms with van der Waals surface area (Å²) in [6.07, 6.45) is 1.73. The molecule has 0 saturated carbocycles. The van der Waals surface area contributed by atoms with Gasteiger partial charge in [0, 0.05) is 25.7 Å². The topological polar surface area (TPSA) is 77.0 Å². The van der Waals surface area contributed by atoms with E-state index in [2.05, 4.69) is 18.9 Å². The summed E-state index contributed by atoms with van der Waals surface area (Å²) in [6.45, 7) is 6.46. The van der Waals surface area contributed by atoms with Crippen LogP contribution in [0.25, 0.3) is 21.6 Å². The lowest BCUT2D eigenvalue weighted by Crippen LogP contribution is -2.39. The molecule has 0 bridgehead atoms. The van der Waals surface area contributed by atoms with Gasteiger partial charge in [-0.3, -0.25) is 4.79 Å². The maximum absolute atomic E-state index is 13.1. The molecular formula is C18H23N5OS.